The molecule has 2 aromatic rings. The topological polar surface area (TPSA) is 20.2 Å². The third kappa shape index (κ3) is 3.63. The summed E-state index contributed by atoms with van der Waals surface area (Å²) >= 11 is 0. The number of benzene rings is 2. The highest BCUT2D eigenvalue weighted by Gasteiger charge is 2.42. The average Bonchev–Trinajstić information content (AvgIpc) is 3.09. The second-order valence-corrected chi connectivity index (χ2v) is 11.3. The number of hydrogen-bond acceptors (Lipinski definition) is 1. The van der Waals surface area contributed by atoms with Crippen molar-refractivity contribution in [3.8, 4) is 5.75 Å². The van der Waals surface area contributed by atoms with Crippen LogP contribution in [0.2, 0.25) is 0 Å². The summed E-state index contributed by atoms with van der Waals surface area (Å²) < 4.78 is 0. The minimum absolute atomic E-state index is 0.0862. The van der Waals surface area contributed by atoms with Gasteiger partial charge in [0, 0.05) is 16.0 Å². The van der Waals surface area contributed by atoms with Gasteiger partial charge in [-0.05, 0) is 43.1 Å². The van der Waals surface area contributed by atoms with Crippen molar-refractivity contribution in [1.82, 2.24) is 0 Å². The van der Waals surface area contributed by atoms with Gasteiger partial charge in [-0.3, -0.25) is 0 Å². The van der Waals surface area contributed by atoms with Crippen molar-refractivity contribution in [1.29, 1.82) is 0 Å². The van der Waals surface area contributed by atoms with E-state index in [4.69, 9.17) is 0 Å². The Bertz CT molecular complexity index is 857. The van der Waals surface area contributed by atoms with E-state index in [1.807, 2.05) is 0 Å². The molecule has 0 radical (unpaired) electrons. The molecule has 0 saturated carbocycles. The second kappa shape index (κ2) is 7.28. The molecule has 1 aliphatic rings. The lowest BCUT2D eigenvalue weighted by Crippen LogP contribution is -2.36. The van der Waals surface area contributed by atoms with Crippen LogP contribution >= 0.6 is 7.92 Å². The minimum atomic E-state index is -0.800. The molecule has 0 fully saturated rings. The van der Waals surface area contributed by atoms with Crippen molar-refractivity contribution >= 4 is 18.5 Å². The van der Waals surface area contributed by atoms with Gasteiger partial charge >= 0.3 is 0 Å². The molecule has 2 aromatic carbocycles. The van der Waals surface area contributed by atoms with E-state index in [0.29, 0.717) is 11.7 Å². The van der Waals surface area contributed by atoms with Gasteiger partial charge < -0.3 is 5.11 Å². The summed E-state index contributed by atoms with van der Waals surface area (Å²) in [6.07, 6.45) is 9.01. The lowest BCUT2D eigenvalue weighted by atomic mass is 9.85. The highest BCUT2D eigenvalue weighted by atomic mass is 31.1. The molecule has 0 amide bonds. The van der Waals surface area contributed by atoms with Gasteiger partial charge in [0.1, 0.15) is 5.75 Å². The molecule has 1 unspecified atom stereocenters. The van der Waals surface area contributed by atoms with Crippen molar-refractivity contribution in [3.05, 3.63) is 77.9 Å². The van der Waals surface area contributed by atoms with Crippen molar-refractivity contribution in [2.75, 3.05) is 0 Å². The Hall–Kier alpha value is -1.85. The molecule has 0 spiro atoms. The van der Waals surface area contributed by atoms with Crippen LogP contribution in [0.15, 0.2) is 66.8 Å². The van der Waals surface area contributed by atoms with E-state index in [-0.39, 0.29) is 10.6 Å². The molecule has 1 aliphatic carbocycles. The summed E-state index contributed by atoms with van der Waals surface area (Å²) in [4.78, 5) is 0. The second-order valence-electron chi connectivity index (χ2n) is 8.86. The molecule has 1 N–H and O–H groups in total. The Morgan fingerprint density at radius 2 is 1.56 bits per heavy atom. The van der Waals surface area contributed by atoms with Crippen LogP contribution in [0.25, 0.3) is 0 Å². The van der Waals surface area contributed by atoms with Crippen molar-refractivity contribution in [3.63, 3.8) is 0 Å². The first kappa shape index (κ1) is 19.9. The van der Waals surface area contributed by atoms with Crippen LogP contribution in [0.1, 0.15) is 45.7 Å². The van der Waals surface area contributed by atoms with Gasteiger partial charge in [-0.2, -0.15) is 0 Å². The maximum Gasteiger partial charge on any atom is 0.127 e. The summed E-state index contributed by atoms with van der Waals surface area (Å²) in [6.45, 7) is 13.2. The first-order valence-electron chi connectivity index (χ1n) is 9.73. The van der Waals surface area contributed by atoms with Gasteiger partial charge in [0.25, 0.3) is 0 Å². The Morgan fingerprint density at radius 1 is 0.963 bits per heavy atom. The number of phenolic OH excluding ortho intramolecular Hbond substituents is 1. The number of hydrogen-bond donors (Lipinski definition) is 1. The monoisotopic (exact) mass is 378 g/mol. The van der Waals surface area contributed by atoms with E-state index in [1.165, 1.54) is 10.9 Å². The van der Waals surface area contributed by atoms with Gasteiger partial charge in [0.05, 0.1) is 0 Å². The molecular weight excluding hydrogens is 347 g/mol. The van der Waals surface area contributed by atoms with E-state index in [0.717, 1.165) is 10.9 Å². The number of aromatic hydroxyl groups is 1. The number of allylic oxidation sites excluding steroid dienone is 4. The van der Waals surface area contributed by atoms with E-state index in [2.05, 4.69) is 108 Å². The molecule has 0 aliphatic heterocycles. The molecule has 0 bridgehead atoms. The normalized spacial score (nSPS) is 16.9. The van der Waals surface area contributed by atoms with Crippen LogP contribution in [0, 0.1) is 12.8 Å². The lowest BCUT2D eigenvalue weighted by Gasteiger charge is -2.40. The fourth-order valence-corrected chi connectivity index (χ4v) is 7.18. The zero-order valence-electron chi connectivity index (χ0n) is 17.3. The van der Waals surface area contributed by atoms with Crippen LogP contribution in [0.4, 0.5) is 0 Å². The molecule has 142 valence electrons. The molecule has 3 rings (SSSR count). The summed E-state index contributed by atoms with van der Waals surface area (Å²) in [5.41, 5.74) is 2.14. The molecule has 27 heavy (non-hydrogen) atoms. The summed E-state index contributed by atoms with van der Waals surface area (Å²) in [5.74, 6) is 0.897. The van der Waals surface area contributed by atoms with Gasteiger partial charge in [-0.25, -0.2) is 0 Å². The average molecular weight is 378 g/mol. The van der Waals surface area contributed by atoms with E-state index >= 15 is 0 Å². The molecule has 0 aromatic heterocycles. The Kier molecular flexibility index (Phi) is 5.37. The van der Waals surface area contributed by atoms with E-state index in [9.17, 15) is 5.11 Å². The zero-order valence-corrected chi connectivity index (χ0v) is 18.2. The highest BCUT2D eigenvalue weighted by molar-refractivity contribution is 7.75. The first-order valence-corrected chi connectivity index (χ1v) is 11.1. The van der Waals surface area contributed by atoms with Crippen LogP contribution in [-0.2, 0) is 5.41 Å². The predicted octanol–water partition coefficient (Wildman–Crippen LogP) is 5.95. The fraction of sp³-hybridized carbons (Fsp3) is 0.360. The highest BCUT2D eigenvalue weighted by Crippen LogP contribution is 2.57. The maximum absolute atomic E-state index is 11.4. The van der Waals surface area contributed by atoms with Crippen LogP contribution < -0.4 is 10.6 Å². The standard InChI is InChI=1S/C25H31OP/c1-18(2)25(14-10-11-15-25)27(20-12-8-7-9-13-20)22-17-19(3)16-21(23(22)26)24(4,5)6/h7-18,26H,1-6H3. The van der Waals surface area contributed by atoms with Gasteiger partial charge in [0.2, 0.25) is 0 Å². The summed E-state index contributed by atoms with van der Waals surface area (Å²) in [6, 6.07) is 15.1. The van der Waals surface area contributed by atoms with Gasteiger partial charge in [-0.15, -0.1) is 0 Å². The van der Waals surface area contributed by atoms with Gasteiger partial charge in [0.15, 0.2) is 0 Å². The molecular formula is C25H31OP. The predicted molar refractivity (Wildman–Crippen MR) is 120 cm³/mol. The smallest absolute Gasteiger partial charge is 0.127 e. The Morgan fingerprint density at radius 3 is 2.07 bits per heavy atom. The minimum Gasteiger partial charge on any atom is -0.507 e. The number of aryl methyl sites for hydroxylation is 1. The molecule has 0 heterocycles. The number of rotatable bonds is 4. The fourth-order valence-electron chi connectivity index (χ4n) is 3.92. The molecule has 1 nitrogen and oxygen atoms in total. The quantitative estimate of drug-likeness (QED) is 0.652. The molecule has 1 atom stereocenters. The van der Waals surface area contributed by atoms with Crippen molar-refractivity contribution in [2.24, 2.45) is 5.92 Å². The summed E-state index contributed by atoms with van der Waals surface area (Å²) in [5, 5.41) is 13.7. The van der Waals surface area contributed by atoms with E-state index < -0.39 is 7.92 Å². The number of phenols is 1. The molecule has 0 saturated heterocycles. The third-order valence-corrected chi connectivity index (χ3v) is 8.67. The van der Waals surface area contributed by atoms with E-state index in [1.54, 1.807) is 0 Å². The molecule has 2 heteroatoms. The van der Waals surface area contributed by atoms with Gasteiger partial charge in [-0.1, -0.05) is 95.3 Å². The van der Waals surface area contributed by atoms with Crippen LogP contribution in [0.5, 0.6) is 5.75 Å². The third-order valence-electron chi connectivity index (χ3n) is 5.45. The first-order chi connectivity index (χ1) is 12.7. The lowest BCUT2D eigenvalue weighted by molar-refractivity contribution is 0.450. The largest absolute Gasteiger partial charge is 0.507 e. The Balaban J connectivity index is 2.33. The summed E-state index contributed by atoms with van der Waals surface area (Å²) in [7, 11) is -0.800. The Labute approximate surface area is 165 Å². The van der Waals surface area contributed by atoms with Crippen molar-refractivity contribution in [2.45, 2.75) is 52.1 Å². The zero-order chi connectivity index (χ0) is 19.8. The van der Waals surface area contributed by atoms with Crippen LogP contribution in [0.3, 0.4) is 0 Å². The maximum atomic E-state index is 11.4. The van der Waals surface area contributed by atoms with Crippen LogP contribution in [-0.4, -0.2) is 10.3 Å². The SMILES string of the molecule is Cc1cc(P(c2ccccc2)C2(C(C)C)C=CC=C2)c(O)c(C(C)(C)C)c1. The van der Waals surface area contributed by atoms with Crippen molar-refractivity contribution < 1.29 is 5.11 Å².